The molecule has 6 heteroatoms. The van der Waals surface area contributed by atoms with Gasteiger partial charge in [0.05, 0.1) is 12.0 Å². The van der Waals surface area contributed by atoms with Crippen LogP contribution >= 0.6 is 34.8 Å². The lowest BCUT2D eigenvalue weighted by Crippen LogP contribution is -2.47. The topological polar surface area (TPSA) is 46.5 Å². The van der Waals surface area contributed by atoms with E-state index in [9.17, 15) is 9.90 Å². The van der Waals surface area contributed by atoms with Gasteiger partial charge in [0.2, 0.25) is 3.79 Å². The van der Waals surface area contributed by atoms with Gasteiger partial charge in [0.25, 0.3) is 0 Å². The van der Waals surface area contributed by atoms with Crippen molar-refractivity contribution in [3.8, 4) is 0 Å². The van der Waals surface area contributed by atoms with Crippen LogP contribution in [-0.4, -0.2) is 26.6 Å². The lowest BCUT2D eigenvalue weighted by Gasteiger charge is -2.38. The van der Waals surface area contributed by atoms with Crippen LogP contribution in [0, 0.1) is 0 Å². The minimum absolute atomic E-state index is 0.0236. The normalized spacial score (nSPS) is 31.3. The number of hydrogen-bond acceptors (Lipinski definition) is 3. The Morgan fingerprint density at radius 3 is 2.69 bits per heavy atom. The minimum Gasteiger partial charge on any atom is -0.458 e. The van der Waals surface area contributed by atoms with Crippen LogP contribution in [0.3, 0.4) is 0 Å². The highest BCUT2D eigenvalue weighted by molar-refractivity contribution is 6.68. The molecule has 0 aromatic rings. The number of halogens is 3. The summed E-state index contributed by atoms with van der Waals surface area (Å²) in [6.45, 7) is 2.01. The van der Waals surface area contributed by atoms with Crippen molar-refractivity contribution >= 4 is 40.8 Å². The van der Waals surface area contributed by atoms with Gasteiger partial charge >= 0.3 is 5.97 Å². The molecule has 16 heavy (non-hydrogen) atoms. The zero-order valence-corrected chi connectivity index (χ0v) is 11.3. The van der Waals surface area contributed by atoms with E-state index in [2.05, 4.69) is 0 Å². The van der Waals surface area contributed by atoms with Crippen molar-refractivity contribution in [1.82, 2.24) is 0 Å². The van der Waals surface area contributed by atoms with E-state index in [-0.39, 0.29) is 12.8 Å². The van der Waals surface area contributed by atoms with Crippen LogP contribution in [0.4, 0.5) is 0 Å². The number of cyclic esters (lactones) is 1. The summed E-state index contributed by atoms with van der Waals surface area (Å²) in [6.07, 6.45) is 1.57. The van der Waals surface area contributed by atoms with E-state index in [1.54, 1.807) is 0 Å². The highest BCUT2D eigenvalue weighted by Crippen LogP contribution is 2.41. The SMILES string of the molecule is CCCC[C@@]1(O)CC(=O)O[C@H](C(Cl)(Cl)Cl)C1. The van der Waals surface area contributed by atoms with E-state index in [0.29, 0.717) is 6.42 Å². The van der Waals surface area contributed by atoms with Crippen LogP contribution in [-0.2, 0) is 9.53 Å². The Labute approximate surface area is 110 Å². The van der Waals surface area contributed by atoms with E-state index in [0.717, 1.165) is 12.8 Å². The molecule has 1 heterocycles. The first-order chi connectivity index (χ1) is 7.27. The van der Waals surface area contributed by atoms with E-state index >= 15 is 0 Å². The Hall–Kier alpha value is 0.300. The highest BCUT2D eigenvalue weighted by Gasteiger charge is 2.47. The monoisotopic (exact) mass is 288 g/mol. The smallest absolute Gasteiger partial charge is 0.309 e. The molecule has 1 rings (SSSR count). The fraction of sp³-hybridized carbons (Fsp3) is 0.900. The molecule has 1 N–H and O–H groups in total. The molecule has 0 unspecified atom stereocenters. The average Bonchev–Trinajstić information content (AvgIpc) is 2.12. The van der Waals surface area contributed by atoms with Gasteiger partial charge in [-0.3, -0.25) is 4.79 Å². The molecule has 3 nitrogen and oxygen atoms in total. The summed E-state index contributed by atoms with van der Waals surface area (Å²) in [5.74, 6) is -0.513. The van der Waals surface area contributed by atoms with Gasteiger partial charge in [-0.1, -0.05) is 54.6 Å². The molecule has 1 aliphatic heterocycles. The van der Waals surface area contributed by atoms with Crippen LogP contribution in [0.25, 0.3) is 0 Å². The van der Waals surface area contributed by atoms with Gasteiger partial charge in [-0.05, 0) is 6.42 Å². The third kappa shape index (κ3) is 3.95. The lowest BCUT2D eigenvalue weighted by atomic mass is 9.86. The molecule has 0 bridgehead atoms. The second-order valence-corrected chi connectivity index (χ2v) is 6.60. The largest absolute Gasteiger partial charge is 0.458 e. The molecular formula is C10H15Cl3O3. The van der Waals surface area contributed by atoms with Gasteiger partial charge in [0, 0.05) is 6.42 Å². The Morgan fingerprint density at radius 1 is 1.56 bits per heavy atom. The molecule has 0 aromatic carbocycles. The minimum atomic E-state index is -1.68. The zero-order chi connectivity index (χ0) is 12.4. The van der Waals surface area contributed by atoms with Gasteiger partial charge in [-0.25, -0.2) is 0 Å². The van der Waals surface area contributed by atoms with Crippen LogP contribution < -0.4 is 0 Å². The molecule has 0 aromatic heterocycles. The number of alkyl halides is 3. The average molecular weight is 290 g/mol. The first kappa shape index (κ1) is 14.4. The predicted octanol–water partition coefficient (Wildman–Crippen LogP) is 2.98. The number of rotatable bonds is 3. The second-order valence-electron chi connectivity index (χ2n) is 4.23. The van der Waals surface area contributed by atoms with Crippen LogP contribution in [0.15, 0.2) is 0 Å². The van der Waals surface area contributed by atoms with Crippen molar-refractivity contribution in [2.45, 2.75) is 54.5 Å². The summed E-state index contributed by atoms with van der Waals surface area (Å²) >= 11 is 17.0. The Morgan fingerprint density at radius 2 is 2.19 bits per heavy atom. The van der Waals surface area contributed by atoms with Crippen LogP contribution in [0.2, 0.25) is 0 Å². The third-order valence-corrected chi connectivity index (χ3v) is 3.40. The number of esters is 1. The second kappa shape index (κ2) is 5.30. The maximum Gasteiger partial charge on any atom is 0.309 e. The van der Waals surface area contributed by atoms with Gasteiger partial charge in [0.1, 0.15) is 0 Å². The summed E-state index contributed by atoms with van der Waals surface area (Å²) in [4.78, 5) is 11.3. The van der Waals surface area contributed by atoms with E-state index < -0.39 is 21.5 Å². The molecule has 1 aliphatic rings. The first-order valence-corrected chi connectivity index (χ1v) is 6.39. The van der Waals surface area contributed by atoms with Crippen molar-refractivity contribution in [1.29, 1.82) is 0 Å². The summed E-state index contributed by atoms with van der Waals surface area (Å²) in [5, 5.41) is 10.2. The molecule has 0 saturated carbocycles. The fourth-order valence-corrected chi connectivity index (χ4v) is 2.17. The third-order valence-electron chi connectivity index (χ3n) is 2.67. The zero-order valence-electron chi connectivity index (χ0n) is 9.01. The van der Waals surface area contributed by atoms with E-state index in [1.807, 2.05) is 6.92 Å². The molecule has 2 atom stereocenters. The molecule has 0 amide bonds. The van der Waals surface area contributed by atoms with Crippen LogP contribution in [0.5, 0.6) is 0 Å². The van der Waals surface area contributed by atoms with Gasteiger partial charge in [-0.15, -0.1) is 0 Å². The lowest BCUT2D eigenvalue weighted by molar-refractivity contribution is -0.170. The molecule has 1 fully saturated rings. The number of hydrogen-bond donors (Lipinski definition) is 1. The molecule has 0 spiro atoms. The maximum atomic E-state index is 11.3. The first-order valence-electron chi connectivity index (χ1n) is 5.25. The van der Waals surface area contributed by atoms with Crippen molar-refractivity contribution in [2.24, 2.45) is 0 Å². The number of ether oxygens (including phenoxy) is 1. The van der Waals surface area contributed by atoms with Crippen molar-refractivity contribution in [3.63, 3.8) is 0 Å². The Balaban J connectivity index is 2.70. The van der Waals surface area contributed by atoms with Crippen molar-refractivity contribution < 1.29 is 14.6 Å². The Bertz CT molecular complexity index is 265. The highest BCUT2D eigenvalue weighted by atomic mass is 35.6. The van der Waals surface area contributed by atoms with E-state index in [4.69, 9.17) is 39.5 Å². The van der Waals surface area contributed by atoms with E-state index in [1.165, 1.54) is 0 Å². The van der Waals surface area contributed by atoms with Crippen molar-refractivity contribution in [3.05, 3.63) is 0 Å². The fourth-order valence-electron chi connectivity index (χ4n) is 1.81. The summed E-state index contributed by atoms with van der Waals surface area (Å²) in [6, 6.07) is 0. The number of carbonyl (C=O) groups excluding carboxylic acids is 1. The van der Waals surface area contributed by atoms with Gasteiger partial charge in [0.15, 0.2) is 6.10 Å². The van der Waals surface area contributed by atoms with Gasteiger partial charge in [-0.2, -0.15) is 0 Å². The van der Waals surface area contributed by atoms with Crippen molar-refractivity contribution in [2.75, 3.05) is 0 Å². The predicted molar refractivity (Wildman–Crippen MR) is 63.9 cm³/mol. The Kier molecular flexibility index (Phi) is 4.76. The molecule has 0 aliphatic carbocycles. The van der Waals surface area contributed by atoms with Gasteiger partial charge < -0.3 is 9.84 Å². The number of carbonyl (C=O) groups is 1. The molecule has 0 radical (unpaired) electrons. The summed E-state index contributed by atoms with van der Waals surface area (Å²) < 4.78 is 3.25. The molecular weight excluding hydrogens is 274 g/mol. The molecule has 1 saturated heterocycles. The maximum absolute atomic E-state index is 11.3. The van der Waals surface area contributed by atoms with Crippen LogP contribution in [0.1, 0.15) is 39.0 Å². The summed E-state index contributed by atoms with van der Waals surface area (Å²) in [7, 11) is 0. The summed E-state index contributed by atoms with van der Waals surface area (Å²) in [5.41, 5.74) is -1.10. The molecule has 94 valence electrons. The standard InChI is InChI=1S/C10H15Cl3O3/c1-2-3-4-9(15)5-7(10(11,12)13)16-8(14)6-9/h7,15H,2-6H2,1H3/t7-,9-/m0/s1. The number of aliphatic hydroxyl groups is 1. The number of unbranched alkanes of at least 4 members (excludes halogenated alkanes) is 1. The quantitative estimate of drug-likeness (QED) is 0.642.